The molecule has 1 aromatic heterocycles. The van der Waals surface area contributed by atoms with E-state index in [2.05, 4.69) is 17.4 Å². The molecule has 0 radical (unpaired) electrons. The van der Waals surface area contributed by atoms with Crippen LogP contribution >= 0.6 is 11.8 Å². The summed E-state index contributed by atoms with van der Waals surface area (Å²) in [4.78, 5) is 20.9. The van der Waals surface area contributed by atoms with Gasteiger partial charge in [-0.3, -0.25) is 4.79 Å². The predicted molar refractivity (Wildman–Crippen MR) is 212 cm³/mol. The molecule has 2 aliphatic rings. The van der Waals surface area contributed by atoms with Gasteiger partial charge in [0.15, 0.2) is 0 Å². The zero-order chi connectivity index (χ0) is 36.5. The molecule has 1 amide bonds. The van der Waals surface area contributed by atoms with Crippen molar-refractivity contribution in [1.29, 1.82) is 0 Å². The summed E-state index contributed by atoms with van der Waals surface area (Å²) in [6.45, 7) is 4.94. The molecule has 1 N–H and O–H groups in total. The number of amides is 1. The lowest BCUT2D eigenvalue weighted by atomic mass is 9.79. The number of fused-ring (bicyclic) bond motifs is 3. The average Bonchev–Trinajstić information content (AvgIpc) is 3.52. The Bertz CT molecular complexity index is 2420. The number of carbonyl (C=O) groups excluding carboxylic acids is 1. The molecule has 0 saturated carbocycles. The van der Waals surface area contributed by atoms with Gasteiger partial charge in [-0.15, -0.1) is 6.58 Å². The van der Waals surface area contributed by atoms with E-state index >= 15 is 0 Å². The van der Waals surface area contributed by atoms with Gasteiger partial charge in [0.05, 0.1) is 28.5 Å². The van der Waals surface area contributed by atoms with Gasteiger partial charge in [-0.1, -0.05) is 72.4 Å². The molecule has 4 atom stereocenters. The number of hydrogen-bond donors (Lipinski definition) is 1. The first-order chi connectivity index (χ1) is 25.8. The van der Waals surface area contributed by atoms with Crippen molar-refractivity contribution in [3.05, 3.63) is 140 Å². The lowest BCUT2D eigenvalue weighted by molar-refractivity contribution is 0.135. The van der Waals surface area contributed by atoms with Crippen LogP contribution in [0.5, 0.6) is 17.2 Å². The Morgan fingerprint density at radius 2 is 1.64 bits per heavy atom. The lowest BCUT2D eigenvalue weighted by Gasteiger charge is -2.39. The first-order valence-corrected chi connectivity index (χ1v) is 20.1. The van der Waals surface area contributed by atoms with E-state index in [9.17, 15) is 13.2 Å². The summed E-state index contributed by atoms with van der Waals surface area (Å²) in [5, 5.41) is 2.39. The number of nitrogens with one attached hydrogen (secondary N) is 1. The molecule has 10 heteroatoms. The largest absolute Gasteiger partial charge is 0.497 e. The molecular formula is C43H39N3O5S2. The van der Waals surface area contributed by atoms with Crippen LogP contribution in [0.2, 0.25) is 0 Å². The predicted octanol–water partition coefficient (Wildman–Crippen LogP) is 9.63. The zero-order valence-electron chi connectivity index (χ0n) is 29.2. The van der Waals surface area contributed by atoms with E-state index in [1.54, 1.807) is 19.2 Å². The maximum atomic E-state index is 13.6. The number of sulfonamides is 1. The van der Waals surface area contributed by atoms with Crippen LogP contribution in [-0.4, -0.2) is 49.8 Å². The second kappa shape index (κ2) is 14.7. The number of rotatable bonds is 11. The Kier molecular flexibility index (Phi) is 9.68. The molecule has 2 saturated heterocycles. The number of piperidine rings is 1. The highest BCUT2D eigenvalue weighted by atomic mass is 32.2. The monoisotopic (exact) mass is 741 g/mol. The van der Waals surface area contributed by atoms with E-state index in [4.69, 9.17) is 14.5 Å². The van der Waals surface area contributed by atoms with E-state index in [0.29, 0.717) is 24.1 Å². The highest BCUT2D eigenvalue weighted by Crippen LogP contribution is 2.51. The fourth-order valence-electron chi connectivity index (χ4n) is 7.67. The number of aromatic nitrogens is 1. The topological polar surface area (TPSA) is 97.8 Å². The number of thioether (sulfide) groups is 1. The normalized spacial score (nSPS) is 19.2. The number of ether oxygens (including phenoxy) is 2. The van der Waals surface area contributed by atoms with E-state index in [0.717, 1.165) is 51.0 Å². The minimum Gasteiger partial charge on any atom is -0.497 e. The fraction of sp³-hybridized carbons (Fsp3) is 0.209. The Morgan fingerprint density at radius 3 is 2.43 bits per heavy atom. The van der Waals surface area contributed by atoms with Gasteiger partial charge in [-0.2, -0.15) is 0 Å². The van der Waals surface area contributed by atoms with Crippen molar-refractivity contribution in [3.63, 3.8) is 0 Å². The molecule has 6 aromatic rings. The van der Waals surface area contributed by atoms with Crippen molar-refractivity contribution in [2.45, 2.75) is 29.0 Å². The molecule has 268 valence electrons. The van der Waals surface area contributed by atoms with Crippen LogP contribution in [0, 0.1) is 11.8 Å². The molecule has 8 nitrogen and oxygen atoms in total. The standard InChI is InChI=1S/C43H39N3O5S2/c1-3-28(27-44-53(48,49)41-15-9-11-29-10-7-8-14-35(29)41)31-22-23-46-40(24-31)42(52-43(46)47)37-26-39(45-38-21-20-34(50-2)25-36(37)38)30-16-18-33(19-17-30)51-32-12-5-4-6-13-32/h3-21,25-26,28,31,40,42,44H,1,22-24,27H2,2H3. The number of pyridine rings is 1. The number of benzene rings is 5. The summed E-state index contributed by atoms with van der Waals surface area (Å²) in [5.41, 5.74) is 3.57. The van der Waals surface area contributed by atoms with Crippen molar-refractivity contribution in [2.75, 3.05) is 20.2 Å². The zero-order valence-corrected chi connectivity index (χ0v) is 30.9. The van der Waals surface area contributed by atoms with Crippen molar-refractivity contribution in [2.24, 2.45) is 11.8 Å². The lowest BCUT2D eigenvalue weighted by Crippen LogP contribution is -2.44. The Hall–Kier alpha value is -5.16. The van der Waals surface area contributed by atoms with Crippen LogP contribution in [0.4, 0.5) is 4.79 Å². The Labute approximate surface area is 313 Å². The van der Waals surface area contributed by atoms with Crippen LogP contribution in [0.25, 0.3) is 32.9 Å². The summed E-state index contributed by atoms with van der Waals surface area (Å²) in [6.07, 6.45) is 3.33. The summed E-state index contributed by atoms with van der Waals surface area (Å²) in [6, 6.07) is 38.3. The third kappa shape index (κ3) is 7.02. The SMILES string of the molecule is C=CC(CNS(=O)(=O)c1cccc2ccccc12)C1CCN2C(=O)SC(c3cc(-c4ccc(Oc5ccccc5)cc4)nc4ccc(OC)cc34)C2C1. The van der Waals surface area contributed by atoms with E-state index in [-0.39, 0.29) is 39.8 Å². The molecule has 0 bridgehead atoms. The molecular weight excluding hydrogens is 703 g/mol. The number of para-hydroxylation sites is 1. The van der Waals surface area contributed by atoms with Gasteiger partial charge in [0.25, 0.3) is 5.24 Å². The molecule has 53 heavy (non-hydrogen) atoms. The van der Waals surface area contributed by atoms with Crippen LogP contribution < -0.4 is 14.2 Å². The fourth-order valence-corrected chi connectivity index (χ4v) is 10.3. The van der Waals surface area contributed by atoms with Gasteiger partial charge in [0.2, 0.25) is 10.0 Å². The molecule has 0 aliphatic carbocycles. The number of hydrogen-bond acceptors (Lipinski definition) is 7. The van der Waals surface area contributed by atoms with Crippen LogP contribution in [0.1, 0.15) is 23.7 Å². The van der Waals surface area contributed by atoms with Crippen molar-refractivity contribution in [1.82, 2.24) is 14.6 Å². The summed E-state index contributed by atoms with van der Waals surface area (Å²) >= 11 is 1.36. The third-order valence-corrected chi connectivity index (χ3v) is 13.2. The van der Waals surface area contributed by atoms with Gasteiger partial charge in [0.1, 0.15) is 17.2 Å². The maximum absolute atomic E-state index is 13.6. The molecule has 3 heterocycles. The van der Waals surface area contributed by atoms with Crippen molar-refractivity contribution in [3.8, 4) is 28.5 Å². The van der Waals surface area contributed by atoms with E-state index in [1.807, 2.05) is 114 Å². The van der Waals surface area contributed by atoms with E-state index < -0.39 is 10.0 Å². The second-order valence-electron chi connectivity index (χ2n) is 13.5. The first-order valence-electron chi connectivity index (χ1n) is 17.7. The van der Waals surface area contributed by atoms with E-state index in [1.165, 1.54) is 11.8 Å². The molecule has 2 fully saturated rings. The van der Waals surface area contributed by atoms with Gasteiger partial charge < -0.3 is 14.4 Å². The summed E-state index contributed by atoms with van der Waals surface area (Å²) in [5.74, 6) is 2.21. The Balaban J connectivity index is 1.07. The van der Waals surface area contributed by atoms with Crippen LogP contribution in [0.3, 0.4) is 0 Å². The first kappa shape index (κ1) is 34.9. The smallest absolute Gasteiger partial charge is 0.282 e. The molecule has 4 unspecified atom stereocenters. The van der Waals surface area contributed by atoms with Crippen molar-refractivity contribution >= 4 is 48.7 Å². The van der Waals surface area contributed by atoms with Gasteiger partial charge in [0, 0.05) is 35.5 Å². The average molecular weight is 742 g/mol. The minimum atomic E-state index is -3.78. The highest BCUT2D eigenvalue weighted by molar-refractivity contribution is 8.14. The van der Waals surface area contributed by atoms with Crippen LogP contribution in [0.15, 0.2) is 139 Å². The van der Waals surface area contributed by atoms with Gasteiger partial charge in [-0.25, -0.2) is 18.1 Å². The molecule has 8 rings (SSSR count). The minimum absolute atomic E-state index is 0.0575. The van der Waals surface area contributed by atoms with Crippen LogP contribution in [-0.2, 0) is 10.0 Å². The number of nitrogens with zero attached hydrogens (tertiary/aromatic N) is 2. The maximum Gasteiger partial charge on any atom is 0.282 e. The van der Waals surface area contributed by atoms with Crippen molar-refractivity contribution < 1.29 is 22.7 Å². The summed E-state index contributed by atoms with van der Waals surface area (Å²) < 4.78 is 41.8. The summed E-state index contributed by atoms with van der Waals surface area (Å²) in [7, 11) is -2.14. The second-order valence-corrected chi connectivity index (χ2v) is 16.3. The third-order valence-electron chi connectivity index (χ3n) is 10.4. The highest BCUT2D eigenvalue weighted by Gasteiger charge is 2.46. The Morgan fingerprint density at radius 1 is 0.906 bits per heavy atom. The molecule has 2 aliphatic heterocycles. The van der Waals surface area contributed by atoms with Gasteiger partial charge >= 0.3 is 0 Å². The van der Waals surface area contributed by atoms with Gasteiger partial charge in [-0.05, 0) is 102 Å². The molecule has 5 aromatic carbocycles. The quantitative estimate of drug-likeness (QED) is 0.132. The molecule has 0 spiro atoms. The number of carbonyl (C=O) groups is 1. The number of methoxy groups -OCH3 is 1.